The van der Waals surface area contributed by atoms with Gasteiger partial charge in [-0.3, -0.25) is 0 Å². The fourth-order valence-corrected chi connectivity index (χ4v) is 3.02. The molecule has 1 aliphatic heterocycles. The maximum atomic E-state index is 2.58. The summed E-state index contributed by atoms with van der Waals surface area (Å²) in [5.41, 5.74) is 1.44. The van der Waals surface area contributed by atoms with E-state index >= 15 is 0 Å². The molecule has 1 fully saturated rings. The Hall–Kier alpha value is -0.341. The molecule has 0 aromatic heterocycles. The molecule has 2 rings (SSSR count). The number of hydrogen-bond donors (Lipinski definition) is 0. The molecular formula is C12H18N2Se. The summed E-state index contributed by atoms with van der Waals surface area (Å²) < 4.78 is 2.58. The molecule has 1 aliphatic rings. The van der Waals surface area contributed by atoms with Crippen LogP contribution in [-0.2, 0) is 6.54 Å². The van der Waals surface area contributed by atoms with Crippen LogP contribution in [0.4, 0.5) is 0 Å². The molecule has 0 saturated carbocycles. The number of piperazine rings is 1. The third kappa shape index (κ3) is 3.32. The Morgan fingerprint density at radius 1 is 1.07 bits per heavy atom. The quantitative estimate of drug-likeness (QED) is 0.767. The van der Waals surface area contributed by atoms with Crippen LogP contribution in [-0.4, -0.2) is 50.2 Å². The second-order valence-corrected chi connectivity index (χ2v) is 5.72. The van der Waals surface area contributed by atoms with E-state index in [1.54, 1.807) is 0 Å². The van der Waals surface area contributed by atoms with Crippen LogP contribution in [0, 0.1) is 0 Å². The van der Waals surface area contributed by atoms with Crippen LogP contribution in [0.5, 0.6) is 0 Å². The van der Waals surface area contributed by atoms with Gasteiger partial charge in [0.2, 0.25) is 0 Å². The minimum absolute atomic E-state index is 0.693. The molecular weight excluding hydrogens is 251 g/mol. The Kier molecular flexibility index (Phi) is 4.21. The molecule has 0 amide bonds. The summed E-state index contributed by atoms with van der Waals surface area (Å²) in [4.78, 5) is 2.55. The van der Waals surface area contributed by atoms with Crippen LogP contribution in [0.15, 0.2) is 30.3 Å². The standard InChI is InChI=1S/C12H18N2Se/c1-15-14-9-7-13(8-10-14)11-12-5-3-2-4-6-12/h2-6H,7-11H2,1H3. The van der Waals surface area contributed by atoms with Crippen LogP contribution < -0.4 is 0 Å². The number of hydrogen-bond acceptors (Lipinski definition) is 2. The maximum absolute atomic E-state index is 2.58. The first-order chi connectivity index (χ1) is 7.38. The average Bonchev–Trinajstić information content (AvgIpc) is 2.31. The van der Waals surface area contributed by atoms with E-state index in [0.717, 1.165) is 6.54 Å². The van der Waals surface area contributed by atoms with Crippen molar-refractivity contribution in [1.82, 2.24) is 8.82 Å². The van der Waals surface area contributed by atoms with Gasteiger partial charge in [0.25, 0.3) is 0 Å². The fourth-order valence-electron chi connectivity index (χ4n) is 1.91. The van der Waals surface area contributed by atoms with Crippen molar-refractivity contribution in [2.45, 2.75) is 12.4 Å². The first-order valence-corrected chi connectivity index (χ1v) is 7.92. The van der Waals surface area contributed by atoms with Crippen LogP contribution in [0.25, 0.3) is 0 Å². The molecule has 1 saturated heterocycles. The second-order valence-electron chi connectivity index (χ2n) is 3.87. The Morgan fingerprint density at radius 3 is 2.33 bits per heavy atom. The summed E-state index contributed by atoms with van der Waals surface area (Å²) in [5.74, 6) is 2.31. The molecule has 0 radical (unpaired) electrons. The van der Waals surface area contributed by atoms with Crippen molar-refractivity contribution in [3.05, 3.63) is 35.9 Å². The van der Waals surface area contributed by atoms with Gasteiger partial charge in [0, 0.05) is 0 Å². The van der Waals surface area contributed by atoms with E-state index in [1.165, 1.54) is 31.7 Å². The average molecular weight is 269 g/mol. The SMILES string of the molecule is C[Se]N1CCN(Cc2ccccc2)CC1. The Morgan fingerprint density at radius 2 is 1.73 bits per heavy atom. The van der Waals surface area contributed by atoms with Crippen LogP contribution >= 0.6 is 0 Å². The van der Waals surface area contributed by atoms with Gasteiger partial charge in [-0.2, -0.15) is 0 Å². The fraction of sp³-hybridized carbons (Fsp3) is 0.500. The summed E-state index contributed by atoms with van der Waals surface area (Å²) in [5, 5.41) is 0. The zero-order valence-electron chi connectivity index (χ0n) is 9.22. The Balaban J connectivity index is 1.82. The van der Waals surface area contributed by atoms with Gasteiger partial charge in [-0.25, -0.2) is 0 Å². The first-order valence-electron chi connectivity index (χ1n) is 5.44. The topological polar surface area (TPSA) is 6.48 Å². The van der Waals surface area contributed by atoms with Gasteiger partial charge in [0.15, 0.2) is 0 Å². The molecule has 1 heterocycles. The van der Waals surface area contributed by atoms with Crippen molar-refractivity contribution < 1.29 is 0 Å². The molecule has 0 N–H and O–H groups in total. The van der Waals surface area contributed by atoms with Gasteiger partial charge < -0.3 is 0 Å². The third-order valence-electron chi connectivity index (χ3n) is 2.84. The molecule has 82 valence electrons. The number of rotatable bonds is 3. The summed E-state index contributed by atoms with van der Waals surface area (Å²) in [6.07, 6.45) is 0. The molecule has 15 heavy (non-hydrogen) atoms. The Bertz CT molecular complexity index is 281. The van der Waals surface area contributed by atoms with Crippen molar-refractivity contribution in [3.63, 3.8) is 0 Å². The van der Waals surface area contributed by atoms with Gasteiger partial charge in [-0.15, -0.1) is 0 Å². The first kappa shape index (κ1) is 11.2. The van der Waals surface area contributed by atoms with E-state index in [1.807, 2.05) is 0 Å². The number of benzene rings is 1. The number of nitrogens with zero attached hydrogens (tertiary/aromatic N) is 2. The van der Waals surface area contributed by atoms with Gasteiger partial charge in [0.1, 0.15) is 0 Å². The van der Waals surface area contributed by atoms with Gasteiger partial charge in [-0.05, 0) is 0 Å². The molecule has 0 spiro atoms. The minimum atomic E-state index is 0.693. The Labute approximate surface area is 98.6 Å². The van der Waals surface area contributed by atoms with Gasteiger partial charge >= 0.3 is 98.4 Å². The van der Waals surface area contributed by atoms with Gasteiger partial charge in [0.05, 0.1) is 0 Å². The van der Waals surface area contributed by atoms with Crippen molar-refractivity contribution in [2.75, 3.05) is 26.2 Å². The molecule has 3 heteroatoms. The summed E-state index contributed by atoms with van der Waals surface area (Å²) in [6.45, 7) is 6.08. The molecule has 1 aromatic rings. The summed E-state index contributed by atoms with van der Waals surface area (Å²) >= 11 is 0.693. The van der Waals surface area contributed by atoms with Crippen molar-refractivity contribution in [3.8, 4) is 0 Å². The summed E-state index contributed by atoms with van der Waals surface area (Å²) in [6, 6.07) is 10.8. The van der Waals surface area contributed by atoms with E-state index in [4.69, 9.17) is 0 Å². The van der Waals surface area contributed by atoms with Crippen LogP contribution in [0.2, 0.25) is 5.82 Å². The van der Waals surface area contributed by atoms with E-state index in [-0.39, 0.29) is 0 Å². The predicted octanol–water partition coefficient (Wildman–Crippen LogP) is 1.47. The monoisotopic (exact) mass is 270 g/mol. The van der Waals surface area contributed by atoms with Crippen molar-refractivity contribution in [2.24, 2.45) is 0 Å². The molecule has 1 aromatic carbocycles. The molecule has 0 aliphatic carbocycles. The zero-order chi connectivity index (χ0) is 10.5. The van der Waals surface area contributed by atoms with Crippen molar-refractivity contribution >= 4 is 15.2 Å². The third-order valence-corrected chi connectivity index (χ3v) is 4.69. The van der Waals surface area contributed by atoms with Gasteiger partial charge in [-0.1, -0.05) is 0 Å². The van der Waals surface area contributed by atoms with E-state index in [2.05, 4.69) is 45.0 Å². The molecule has 0 atom stereocenters. The van der Waals surface area contributed by atoms with Crippen LogP contribution in [0.1, 0.15) is 5.56 Å². The van der Waals surface area contributed by atoms with E-state index in [0.29, 0.717) is 15.2 Å². The van der Waals surface area contributed by atoms with Crippen LogP contribution in [0.3, 0.4) is 0 Å². The molecule has 2 nitrogen and oxygen atoms in total. The normalized spacial score (nSPS) is 19.3. The van der Waals surface area contributed by atoms with Crippen molar-refractivity contribution in [1.29, 1.82) is 0 Å². The second kappa shape index (κ2) is 5.66. The van der Waals surface area contributed by atoms with E-state index < -0.39 is 0 Å². The van der Waals surface area contributed by atoms with E-state index in [9.17, 15) is 0 Å². The summed E-state index contributed by atoms with van der Waals surface area (Å²) in [7, 11) is 0. The molecule has 0 bridgehead atoms. The zero-order valence-corrected chi connectivity index (χ0v) is 10.9. The predicted molar refractivity (Wildman–Crippen MR) is 64.9 cm³/mol. The molecule has 0 unspecified atom stereocenters.